The Morgan fingerprint density at radius 3 is 2.62 bits per heavy atom. The van der Waals surface area contributed by atoms with Crippen molar-refractivity contribution in [1.82, 2.24) is 5.32 Å². The molecule has 0 fully saturated rings. The molecule has 0 amide bonds. The molecule has 5 N–H and O–H groups in total. The van der Waals surface area contributed by atoms with Crippen LogP contribution in [0.3, 0.4) is 0 Å². The van der Waals surface area contributed by atoms with E-state index in [1.807, 2.05) is 63.3 Å². The highest BCUT2D eigenvalue weighted by Gasteiger charge is 2.09. The smallest absolute Gasteiger partial charge is 0.145 e. The fourth-order valence-corrected chi connectivity index (χ4v) is 3.06. The van der Waals surface area contributed by atoms with Crippen LogP contribution in [0.25, 0.3) is 6.08 Å². The molecule has 0 radical (unpaired) electrons. The predicted octanol–water partition coefficient (Wildman–Crippen LogP) is 4.63. The molecule has 0 heterocycles. The SMILES string of the molecule is C=Nc1ccc(CNC(CC)\C(N)=C/C=C(N)/C(C)=C/C=NC(C)OCCOC)cc1/C=C\C. The third kappa shape index (κ3) is 10.7. The molecule has 2 atom stereocenters. The lowest BCUT2D eigenvalue weighted by atomic mass is 10.1. The van der Waals surface area contributed by atoms with Gasteiger partial charge in [0.25, 0.3) is 0 Å². The first-order valence-electron chi connectivity index (χ1n) is 11.6. The maximum absolute atomic E-state index is 6.35. The average molecular weight is 468 g/mol. The first-order valence-corrected chi connectivity index (χ1v) is 11.6. The van der Waals surface area contributed by atoms with Gasteiger partial charge in [0.05, 0.1) is 18.9 Å². The second-order valence-electron chi connectivity index (χ2n) is 7.79. The average Bonchev–Trinajstić information content (AvgIpc) is 2.83. The molecule has 0 saturated carbocycles. The van der Waals surface area contributed by atoms with Gasteiger partial charge in [-0.15, -0.1) is 0 Å². The van der Waals surface area contributed by atoms with E-state index in [9.17, 15) is 0 Å². The molecule has 0 aliphatic rings. The molecule has 1 aromatic carbocycles. The highest BCUT2D eigenvalue weighted by atomic mass is 16.5. The number of hydrogen-bond acceptors (Lipinski definition) is 7. The van der Waals surface area contributed by atoms with Crippen molar-refractivity contribution in [2.24, 2.45) is 21.5 Å². The first-order chi connectivity index (χ1) is 16.4. The van der Waals surface area contributed by atoms with Crippen LogP contribution < -0.4 is 16.8 Å². The minimum absolute atomic E-state index is 0.0300. The number of hydrogen-bond donors (Lipinski definition) is 3. The summed E-state index contributed by atoms with van der Waals surface area (Å²) in [5, 5.41) is 3.52. The number of methoxy groups -OCH3 is 1. The van der Waals surface area contributed by atoms with Gasteiger partial charge in [0, 0.05) is 42.9 Å². The summed E-state index contributed by atoms with van der Waals surface area (Å²) >= 11 is 0. The Morgan fingerprint density at radius 1 is 1.21 bits per heavy atom. The van der Waals surface area contributed by atoms with E-state index in [-0.39, 0.29) is 12.3 Å². The zero-order chi connectivity index (χ0) is 25.3. The number of nitrogens with two attached hydrogens (primary N) is 2. The summed E-state index contributed by atoms with van der Waals surface area (Å²) in [4.78, 5) is 8.39. The summed E-state index contributed by atoms with van der Waals surface area (Å²) in [6.45, 7) is 13.3. The van der Waals surface area contributed by atoms with Crippen LogP contribution in [0.4, 0.5) is 5.69 Å². The molecule has 0 spiro atoms. The van der Waals surface area contributed by atoms with Gasteiger partial charge >= 0.3 is 0 Å². The van der Waals surface area contributed by atoms with E-state index < -0.39 is 0 Å². The molecule has 186 valence electrons. The lowest BCUT2D eigenvalue weighted by Gasteiger charge is -2.18. The summed E-state index contributed by atoms with van der Waals surface area (Å²) in [5.41, 5.74) is 17.9. The highest BCUT2D eigenvalue weighted by molar-refractivity contribution is 5.73. The second kappa shape index (κ2) is 16.6. The number of allylic oxidation sites excluding steroid dienone is 5. The van der Waals surface area contributed by atoms with E-state index in [1.54, 1.807) is 13.3 Å². The van der Waals surface area contributed by atoms with Crippen LogP contribution in [0.2, 0.25) is 0 Å². The van der Waals surface area contributed by atoms with E-state index in [2.05, 4.69) is 35.0 Å². The van der Waals surface area contributed by atoms with E-state index in [1.165, 1.54) is 0 Å². The van der Waals surface area contributed by atoms with Crippen LogP contribution >= 0.6 is 0 Å². The van der Waals surface area contributed by atoms with Gasteiger partial charge in [0.2, 0.25) is 0 Å². The van der Waals surface area contributed by atoms with Crippen molar-refractivity contribution in [3.63, 3.8) is 0 Å². The van der Waals surface area contributed by atoms with E-state index in [0.717, 1.165) is 34.5 Å². The number of ether oxygens (including phenoxy) is 2. The van der Waals surface area contributed by atoms with Crippen molar-refractivity contribution in [3.05, 3.63) is 70.6 Å². The van der Waals surface area contributed by atoms with Crippen LogP contribution in [-0.4, -0.2) is 45.5 Å². The Balaban J connectivity index is 2.75. The van der Waals surface area contributed by atoms with E-state index in [0.29, 0.717) is 25.5 Å². The zero-order valence-electron chi connectivity index (χ0n) is 21.3. The van der Waals surface area contributed by atoms with E-state index in [4.69, 9.17) is 20.9 Å². The molecule has 7 nitrogen and oxygen atoms in total. The van der Waals surface area contributed by atoms with Crippen molar-refractivity contribution in [2.75, 3.05) is 20.3 Å². The number of nitrogens with one attached hydrogen (secondary N) is 1. The highest BCUT2D eigenvalue weighted by Crippen LogP contribution is 2.22. The van der Waals surface area contributed by atoms with E-state index >= 15 is 0 Å². The van der Waals surface area contributed by atoms with Gasteiger partial charge in [-0.05, 0) is 75.4 Å². The van der Waals surface area contributed by atoms with Gasteiger partial charge < -0.3 is 26.3 Å². The number of aliphatic imine (C=N–C) groups is 2. The molecule has 1 rings (SSSR count). The molecule has 2 unspecified atom stereocenters. The minimum Gasteiger partial charge on any atom is -0.401 e. The predicted molar refractivity (Wildman–Crippen MR) is 145 cm³/mol. The topological polar surface area (TPSA) is 107 Å². The van der Waals surface area contributed by atoms with Crippen LogP contribution in [0.15, 0.2) is 69.5 Å². The van der Waals surface area contributed by atoms with Crippen LogP contribution in [-0.2, 0) is 16.0 Å². The Kier molecular flexibility index (Phi) is 14.2. The molecular formula is C27H41N5O2. The molecule has 0 bridgehead atoms. The van der Waals surface area contributed by atoms with Gasteiger partial charge in [0.15, 0.2) is 0 Å². The molecule has 0 aliphatic carbocycles. The molecule has 0 aromatic heterocycles. The monoisotopic (exact) mass is 467 g/mol. The Bertz CT molecular complexity index is 916. The molecule has 34 heavy (non-hydrogen) atoms. The summed E-state index contributed by atoms with van der Waals surface area (Å²) in [6, 6.07) is 6.17. The molecule has 0 aliphatic heterocycles. The van der Waals surface area contributed by atoms with Gasteiger partial charge in [-0.1, -0.05) is 25.1 Å². The lowest BCUT2D eigenvalue weighted by molar-refractivity contribution is 0.0310. The Morgan fingerprint density at radius 2 is 1.97 bits per heavy atom. The molecule has 0 saturated heterocycles. The van der Waals surface area contributed by atoms with Crippen molar-refractivity contribution in [1.29, 1.82) is 0 Å². The number of benzene rings is 1. The molecule has 7 heteroatoms. The van der Waals surface area contributed by atoms with Crippen LogP contribution in [0.1, 0.15) is 45.2 Å². The lowest BCUT2D eigenvalue weighted by Crippen LogP contribution is -2.33. The maximum Gasteiger partial charge on any atom is 0.145 e. The summed E-state index contributed by atoms with van der Waals surface area (Å²) in [5.74, 6) is 0. The van der Waals surface area contributed by atoms with Gasteiger partial charge in [0.1, 0.15) is 6.23 Å². The van der Waals surface area contributed by atoms with Crippen LogP contribution in [0.5, 0.6) is 0 Å². The third-order valence-electron chi connectivity index (χ3n) is 5.15. The number of rotatable bonds is 15. The fourth-order valence-electron chi connectivity index (χ4n) is 3.06. The maximum atomic E-state index is 6.35. The van der Waals surface area contributed by atoms with Crippen molar-refractivity contribution >= 4 is 24.7 Å². The van der Waals surface area contributed by atoms with Crippen molar-refractivity contribution in [3.8, 4) is 0 Å². The van der Waals surface area contributed by atoms with Gasteiger partial charge in [-0.3, -0.25) is 9.98 Å². The summed E-state index contributed by atoms with van der Waals surface area (Å²) in [6.07, 6.45) is 11.9. The number of nitrogens with zero attached hydrogens (tertiary/aromatic N) is 2. The molecular weight excluding hydrogens is 426 g/mol. The van der Waals surface area contributed by atoms with Crippen molar-refractivity contribution < 1.29 is 9.47 Å². The minimum atomic E-state index is -0.241. The first kappa shape index (κ1) is 29.0. The normalized spacial score (nSPS) is 15.3. The Labute approximate surface area is 205 Å². The summed E-state index contributed by atoms with van der Waals surface area (Å²) in [7, 11) is 1.64. The van der Waals surface area contributed by atoms with Gasteiger partial charge in [-0.25, -0.2) is 0 Å². The van der Waals surface area contributed by atoms with Gasteiger partial charge in [-0.2, -0.15) is 0 Å². The molecule has 1 aromatic rings. The zero-order valence-corrected chi connectivity index (χ0v) is 21.3. The second-order valence-corrected chi connectivity index (χ2v) is 7.79. The standard InChI is InChI=1S/C27H41N5O2/c1-7-9-23-18-22(10-13-27(23)30-5)19-32-26(8-2)25(29)12-11-24(28)20(3)14-15-31-21(4)34-17-16-33-6/h7,9-15,18,21,26,32H,5,8,16-17,19,28-29H2,1-4,6H3/b9-7-,20-14+,24-11-,25-12+,31-15?. The quantitative estimate of drug-likeness (QED) is 0.198. The van der Waals surface area contributed by atoms with Crippen LogP contribution in [0, 0.1) is 0 Å². The fraction of sp³-hybridized carbons (Fsp3) is 0.407. The van der Waals surface area contributed by atoms with Crippen molar-refractivity contribution in [2.45, 2.75) is 52.9 Å². The summed E-state index contributed by atoms with van der Waals surface area (Å²) < 4.78 is 10.4. The Hall–Kier alpha value is -3.00. The third-order valence-corrected chi connectivity index (χ3v) is 5.15. The largest absolute Gasteiger partial charge is 0.401 e.